The van der Waals surface area contributed by atoms with Gasteiger partial charge in [-0.05, 0) is 73.1 Å². The molecule has 0 spiro atoms. The molecule has 0 amide bonds. The molecule has 1 aromatic heterocycles. The zero-order valence-corrected chi connectivity index (χ0v) is 19.7. The van der Waals surface area contributed by atoms with Crippen LogP contribution in [0.4, 0.5) is 5.69 Å². The SMILES string of the molecule is CCC(C)(C)C1CCc2oc3cc(C)c(NS(=O)(=O)c4ccc(OC)cc4)cc3c2C1. The first-order valence-electron chi connectivity index (χ1n) is 10.9. The number of anilines is 1. The number of nitrogens with one attached hydrogen (secondary N) is 1. The van der Waals surface area contributed by atoms with Crippen LogP contribution in [0.25, 0.3) is 11.0 Å². The van der Waals surface area contributed by atoms with E-state index in [1.165, 1.54) is 5.56 Å². The smallest absolute Gasteiger partial charge is 0.261 e. The lowest BCUT2D eigenvalue weighted by atomic mass is 9.69. The number of hydrogen-bond acceptors (Lipinski definition) is 4. The van der Waals surface area contributed by atoms with Crippen molar-refractivity contribution >= 4 is 26.7 Å². The lowest BCUT2D eigenvalue weighted by Crippen LogP contribution is -2.28. The standard InChI is InChI=1S/C25H31NO4S/c1-6-25(3,4)17-7-12-23-20(14-17)21-15-22(16(2)13-24(21)30-23)26-31(27,28)19-10-8-18(29-5)9-11-19/h8-11,13,15,17,26H,6-7,12,14H2,1-5H3. The maximum atomic E-state index is 13.0. The van der Waals surface area contributed by atoms with E-state index in [1.54, 1.807) is 31.4 Å². The van der Waals surface area contributed by atoms with E-state index in [2.05, 4.69) is 25.5 Å². The molecule has 1 atom stereocenters. The first kappa shape index (κ1) is 21.8. The molecule has 1 unspecified atom stereocenters. The molecular formula is C25H31NO4S. The highest BCUT2D eigenvalue weighted by Crippen LogP contribution is 2.43. The number of sulfonamides is 1. The summed E-state index contributed by atoms with van der Waals surface area (Å²) >= 11 is 0. The van der Waals surface area contributed by atoms with Crippen LogP contribution < -0.4 is 9.46 Å². The van der Waals surface area contributed by atoms with Crippen molar-refractivity contribution in [3.63, 3.8) is 0 Å². The van der Waals surface area contributed by atoms with Crippen molar-refractivity contribution in [3.05, 3.63) is 53.3 Å². The lowest BCUT2D eigenvalue weighted by Gasteiger charge is -2.36. The third kappa shape index (κ3) is 4.05. The van der Waals surface area contributed by atoms with Crippen LogP contribution in [0.5, 0.6) is 5.75 Å². The highest BCUT2D eigenvalue weighted by atomic mass is 32.2. The van der Waals surface area contributed by atoms with Crippen LogP contribution in [-0.2, 0) is 22.9 Å². The first-order valence-corrected chi connectivity index (χ1v) is 12.3. The van der Waals surface area contributed by atoms with Crippen LogP contribution in [-0.4, -0.2) is 15.5 Å². The zero-order valence-electron chi connectivity index (χ0n) is 18.9. The van der Waals surface area contributed by atoms with Gasteiger partial charge in [-0.1, -0.05) is 27.2 Å². The Balaban J connectivity index is 1.70. The van der Waals surface area contributed by atoms with Gasteiger partial charge in [0.15, 0.2) is 0 Å². The van der Waals surface area contributed by atoms with E-state index >= 15 is 0 Å². The summed E-state index contributed by atoms with van der Waals surface area (Å²) in [4.78, 5) is 0.201. The van der Waals surface area contributed by atoms with Crippen molar-refractivity contribution in [2.24, 2.45) is 11.3 Å². The third-order valence-corrected chi connectivity index (χ3v) is 8.40. The Morgan fingerprint density at radius 3 is 2.55 bits per heavy atom. The highest BCUT2D eigenvalue weighted by molar-refractivity contribution is 7.92. The van der Waals surface area contributed by atoms with Gasteiger partial charge in [-0.3, -0.25) is 4.72 Å². The van der Waals surface area contributed by atoms with Gasteiger partial charge in [-0.25, -0.2) is 8.42 Å². The van der Waals surface area contributed by atoms with Crippen molar-refractivity contribution in [1.82, 2.24) is 0 Å². The van der Waals surface area contributed by atoms with Crippen molar-refractivity contribution in [2.75, 3.05) is 11.8 Å². The van der Waals surface area contributed by atoms with E-state index in [4.69, 9.17) is 9.15 Å². The molecule has 0 saturated heterocycles. The van der Waals surface area contributed by atoms with Gasteiger partial charge in [0.05, 0.1) is 17.7 Å². The summed E-state index contributed by atoms with van der Waals surface area (Å²) < 4.78 is 40.0. The number of hydrogen-bond donors (Lipinski definition) is 1. The van der Waals surface area contributed by atoms with Gasteiger partial charge in [0.25, 0.3) is 10.0 Å². The molecule has 2 aromatic carbocycles. The van der Waals surface area contributed by atoms with E-state index in [0.29, 0.717) is 17.4 Å². The second-order valence-electron chi connectivity index (χ2n) is 9.23. The predicted molar refractivity (Wildman–Crippen MR) is 124 cm³/mol. The fraction of sp³-hybridized carbons (Fsp3) is 0.440. The molecule has 1 N–H and O–H groups in total. The minimum atomic E-state index is -3.71. The van der Waals surface area contributed by atoms with Gasteiger partial charge in [-0.2, -0.15) is 0 Å². The van der Waals surface area contributed by atoms with Gasteiger partial charge in [0.1, 0.15) is 17.1 Å². The first-order chi connectivity index (χ1) is 14.6. The molecule has 1 aliphatic rings. The average molecular weight is 442 g/mol. The van der Waals surface area contributed by atoms with Crippen molar-refractivity contribution in [2.45, 2.75) is 58.3 Å². The summed E-state index contributed by atoms with van der Waals surface area (Å²) in [5, 5.41) is 1.02. The van der Waals surface area contributed by atoms with Crippen molar-refractivity contribution in [3.8, 4) is 5.75 Å². The summed E-state index contributed by atoms with van der Waals surface area (Å²) in [7, 11) is -2.15. The number of ether oxygens (including phenoxy) is 1. The molecule has 6 heteroatoms. The fourth-order valence-corrected chi connectivity index (χ4v) is 5.57. The Labute approximate surface area is 184 Å². The Hall–Kier alpha value is -2.47. The average Bonchev–Trinajstić information content (AvgIpc) is 3.10. The number of furan rings is 1. The Kier molecular flexibility index (Phi) is 5.54. The van der Waals surface area contributed by atoms with Gasteiger partial charge in [0, 0.05) is 17.4 Å². The van der Waals surface area contributed by atoms with Crippen molar-refractivity contribution < 1.29 is 17.6 Å². The quantitative estimate of drug-likeness (QED) is 0.502. The predicted octanol–water partition coefficient (Wildman–Crippen LogP) is 6.09. The van der Waals surface area contributed by atoms with E-state index in [0.717, 1.165) is 48.0 Å². The fourth-order valence-electron chi connectivity index (χ4n) is 4.45. The molecule has 0 aliphatic heterocycles. The lowest BCUT2D eigenvalue weighted by molar-refractivity contribution is 0.179. The van der Waals surface area contributed by atoms with Crippen LogP contribution >= 0.6 is 0 Å². The summed E-state index contributed by atoms with van der Waals surface area (Å²) in [6.07, 6.45) is 4.17. The molecule has 31 heavy (non-hydrogen) atoms. The van der Waals surface area contributed by atoms with Crippen LogP contribution in [0, 0.1) is 18.3 Å². The molecule has 166 valence electrons. The molecule has 1 heterocycles. The maximum Gasteiger partial charge on any atom is 0.261 e. The van der Waals surface area contributed by atoms with Crippen LogP contribution in [0.3, 0.4) is 0 Å². The molecule has 0 saturated carbocycles. The number of fused-ring (bicyclic) bond motifs is 3. The Morgan fingerprint density at radius 2 is 1.90 bits per heavy atom. The van der Waals surface area contributed by atoms with E-state index < -0.39 is 10.0 Å². The molecule has 3 aromatic rings. The number of aryl methyl sites for hydroxylation is 2. The largest absolute Gasteiger partial charge is 0.497 e. The second kappa shape index (κ2) is 7.90. The van der Waals surface area contributed by atoms with E-state index in [1.807, 2.05) is 19.1 Å². The molecule has 0 radical (unpaired) electrons. The van der Waals surface area contributed by atoms with Gasteiger partial charge >= 0.3 is 0 Å². The molecule has 1 aliphatic carbocycles. The van der Waals surface area contributed by atoms with Gasteiger partial charge in [0.2, 0.25) is 0 Å². The minimum Gasteiger partial charge on any atom is -0.497 e. The minimum absolute atomic E-state index is 0.201. The Morgan fingerprint density at radius 1 is 1.19 bits per heavy atom. The molecule has 0 bridgehead atoms. The molecule has 4 rings (SSSR count). The maximum absolute atomic E-state index is 13.0. The zero-order chi connectivity index (χ0) is 22.4. The van der Waals surface area contributed by atoms with Gasteiger partial charge in [-0.15, -0.1) is 0 Å². The Bertz CT molecular complexity index is 1210. The van der Waals surface area contributed by atoms with Crippen LogP contribution in [0.1, 0.15) is 50.5 Å². The molecular weight excluding hydrogens is 410 g/mol. The summed E-state index contributed by atoms with van der Waals surface area (Å²) in [6.45, 7) is 8.82. The van der Waals surface area contributed by atoms with Gasteiger partial charge < -0.3 is 9.15 Å². The summed E-state index contributed by atoms with van der Waals surface area (Å²) in [6, 6.07) is 10.3. The normalized spacial score (nSPS) is 16.9. The molecule has 5 nitrogen and oxygen atoms in total. The number of benzene rings is 2. The topological polar surface area (TPSA) is 68.5 Å². The van der Waals surface area contributed by atoms with Crippen molar-refractivity contribution in [1.29, 1.82) is 0 Å². The van der Waals surface area contributed by atoms with Crippen LogP contribution in [0.15, 0.2) is 45.7 Å². The highest BCUT2D eigenvalue weighted by Gasteiger charge is 2.33. The monoisotopic (exact) mass is 441 g/mol. The van der Waals surface area contributed by atoms with E-state index in [-0.39, 0.29) is 10.3 Å². The van der Waals surface area contributed by atoms with E-state index in [9.17, 15) is 8.42 Å². The molecule has 0 fully saturated rings. The number of methoxy groups -OCH3 is 1. The number of rotatable bonds is 6. The van der Waals surface area contributed by atoms with Crippen LogP contribution in [0.2, 0.25) is 0 Å². The second-order valence-corrected chi connectivity index (χ2v) is 10.9. The summed E-state index contributed by atoms with van der Waals surface area (Å²) in [5.41, 5.74) is 3.76. The summed E-state index contributed by atoms with van der Waals surface area (Å²) in [5.74, 6) is 2.25. The third-order valence-electron chi connectivity index (χ3n) is 7.02.